The number of hydrogen-bond acceptors (Lipinski definition) is 5. The molecular formula is C18H23BrN2O5. The van der Waals surface area contributed by atoms with Gasteiger partial charge in [0, 0.05) is 5.70 Å². The molecule has 0 spiro atoms. The van der Waals surface area contributed by atoms with Crippen LogP contribution in [0, 0.1) is 5.92 Å². The highest BCUT2D eigenvalue weighted by Gasteiger charge is 2.35. The van der Waals surface area contributed by atoms with Crippen molar-refractivity contribution in [3.8, 4) is 11.5 Å². The summed E-state index contributed by atoms with van der Waals surface area (Å²) < 4.78 is 16.6. The highest BCUT2D eigenvalue weighted by atomic mass is 79.9. The zero-order valence-corrected chi connectivity index (χ0v) is 17.0. The van der Waals surface area contributed by atoms with Gasteiger partial charge in [0.05, 0.1) is 36.9 Å². The molecule has 2 rings (SSSR count). The third-order valence-electron chi connectivity index (χ3n) is 3.96. The molecule has 0 radical (unpaired) electrons. The first kappa shape index (κ1) is 20.1. The minimum Gasteiger partial charge on any atom is -0.493 e. The van der Waals surface area contributed by atoms with Crippen LogP contribution in [-0.4, -0.2) is 32.8 Å². The number of rotatable bonds is 6. The summed E-state index contributed by atoms with van der Waals surface area (Å²) in [6.07, 6.45) is 0. The van der Waals surface area contributed by atoms with Crippen LogP contribution in [0.2, 0.25) is 0 Å². The smallest absolute Gasteiger partial charge is 0.338 e. The third-order valence-corrected chi connectivity index (χ3v) is 4.55. The molecule has 1 aliphatic heterocycles. The number of ether oxygens (including phenoxy) is 3. The van der Waals surface area contributed by atoms with Gasteiger partial charge in [0.15, 0.2) is 11.5 Å². The number of benzene rings is 1. The van der Waals surface area contributed by atoms with E-state index in [2.05, 4.69) is 26.6 Å². The Labute approximate surface area is 161 Å². The summed E-state index contributed by atoms with van der Waals surface area (Å²) in [7, 11) is 3.06. The van der Waals surface area contributed by atoms with E-state index in [0.29, 0.717) is 32.8 Å². The first-order chi connectivity index (χ1) is 12.3. The highest BCUT2D eigenvalue weighted by Crippen LogP contribution is 2.40. The number of amides is 2. The number of methoxy groups -OCH3 is 2. The molecule has 2 amide bonds. The molecule has 1 aromatic carbocycles. The Morgan fingerprint density at radius 3 is 2.50 bits per heavy atom. The number of carbonyl (C=O) groups excluding carboxylic acids is 2. The van der Waals surface area contributed by atoms with Crippen LogP contribution in [0.1, 0.15) is 32.4 Å². The fourth-order valence-corrected chi connectivity index (χ4v) is 3.45. The number of halogens is 1. The second-order valence-electron chi connectivity index (χ2n) is 5.97. The fourth-order valence-electron chi connectivity index (χ4n) is 2.83. The molecule has 0 aliphatic carbocycles. The van der Waals surface area contributed by atoms with Crippen LogP contribution >= 0.6 is 15.9 Å². The average Bonchev–Trinajstić information content (AvgIpc) is 2.60. The van der Waals surface area contributed by atoms with E-state index in [4.69, 9.17) is 14.2 Å². The summed E-state index contributed by atoms with van der Waals surface area (Å²) in [5.41, 5.74) is 1.59. The number of esters is 1. The first-order valence-corrected chi connectivity index (χ1v) is 9.03. The Balaban J connectivity index is 2.64. The summed E-state index contributed by atoms with van der Waals surface area (Å²) in [6.45, 7) is 5.79. The molecule has 7 nitrogen and oxygen atoms in total. The van der Waals surface area contributed by atoms with Crippen LogP contribution < -0.4 is 20.1 Å². The van der Waals surface area contributed by atoms with Gasteiger partial charge in [-0.2, -0.15) is 0 Å². The van der Waals surface area contributed by atoms with Gasteiger partial charge in [-0.15, -0.1) is 0 Å². The molecule has 1 aliphatic rings. The maximum atomic E-state index is 12.6. The van der Waals surface area contributed by atoms with Gasteiger partial charge in [-0.05, 0) is 46.5 Å². The van der Waals surface area contributed by atoms with Crippen molar-refractivity contribution in [1.82, 2.24) is 10.6 Å². The molecule has 1 unspecified atom stereocenters. The maximum absolute atomic E-state index is 12.6. The molecule has 0 saturated heterocycles. The second-order valence-corrected chi connectivity index (χ2v) is 6.83. The Morgan fingerprint density at radius 2 is 1.96 bits per heavy atom. The van der Waals surface area contributed by atoms with Gasteiger partial charge >= 0.3 is 12.0 Å². The van der Waals surface area contributed by atoms with E-state index in [-0.39, 0.29) is 18.6 Å². The topological polar surface area (TPSA) is 85.9 Å². The molecule has 0 aromatic heterocycles. The van der Waals surface area contributed by atoms with Crippen molar-refractivity contribution in [3.63, 3.8) is 0 Å². The summed E-state index contributed by atoms with van der Waals surface area (Å²) in [5.74, 6) is 0.479. The minimum absolute atomic E-state index is 0.0634. The normalized spacial score (nSPS) is 16.9. The van der Waals surface area contributed by atoms with Gasteiger partial charge in [0.2, 0.25) is 0 Å². The van der Waals surface area contributed by atoms with E-state index in [0.717, 1.165) is 0 Å². The molecule has 1 aromatic rings. The van der Waals surface area contributed by atoms with E-state index in [1.807, 2.05) is 13.8 Å². The van der Waals surface area contributed by atoms with Crippen LogP contribution in [0.4, 0.5) is 4.79 Å². The van der Waals surface area contributed by atoms with Gasteiger partial charge in [0.25, 0.3) is 0 Å². The lowest BCUT2D eigenvalue weighted by atomic mass is 9.91. The summed E-state index contributed by atoms with van der Waals surface area (Å²) in [4.78, 5) is 24.8. The van der Waals surface area contributed by atoms with Crippen molar-refractivity contribution in [2.45, 2.75) is 26.8 Å². The zero-order valence-electron chi connectivity index (χ0n) is 15.4. The molecule has 142 valence electrons. The van der Waals surface area contributed by atoms with Crippen molar-refractivity contribution >= 4 is 27.9 Å². The lowest BCUT2D eigenvalue weighted by Crippen LogP contribution is -2.47. The molecule has 1 heterocycles. The van der Waals surface area contributed by atoms with E-state index in [9.17, 15) is 9.59 Å². The molecule has 26 heavy (non-hydrogen) atoms. The first-order valence-electron chi connectivity index (χ1n) is 8.24. The number of allylic oxidation sites excluding steroid dienone is 1. The summed E-state index contributed by atoms with van der Waals surface area (Å²) >= 11 is 3.45. The molecule has 1 atom stereocenters. The van der Waals surface area contributed by atoms with Gasteiger partial charge in [-0.25, -0.2) is 9.59 Å². The average molecular weight is 427 g/mol. The minimum atomic E-state index is -0.670. The Hall–Kier alpha value is -2.22. The van der Waals surface area contributed by atoms with Crippen molar-refractivity contribution in [3.05, 3.63) is 33.4 Å². The van der Waals surface area contributed by atoms with Gasteiger partial charge in [0.1, 0.15) is 0 Å². The van der Waals surface area contributed by atoms with Crippen molar-refractivity contribution in [2.75, 3.05) is 20.8 Å². The van der Waals surface area contributed by atoms with E-state index < -0.39 is 12.0 Å². The lowest BCUT2D eigenvalue weighted by Gasteiger charge is -2.31. The highest BCUT2D eigenvalue weighted by molar-refractivity contribution is 9.10. The van der Waals surface area contributed by atoms with Gasteiger partial charge in [-0.1, -0.05) is 13.8 Å². The third kappa shape index (κ3) is 3.95. The standard InChI is InChI=1S/C18H23BrN2O5/c1-6-26-17(22)13-14(9(2)3)20-18(23)21-15(13)10-7-11(19)16(25-5)12(8-10)24-4/h7-9,15H,6H2,1-5H3,(H2,20,21,23). The largest absolute Gasteiger partial charge is 0.493 e. The van der Waals surface area contributed by atoms with Crippen LogP contribution in [-0.2, 0) is 9.53 Å². The molecule has 0 fully saturated rings. The van der Waals surface area contributed by atoms with E-state index >= 15 is 0 Å². The molecular weight excluding hydrogens is 404 g/mol. The predicted molar refractivity (Wildman–Crippen MR) is 100 cm³/mol. The van der Waals surface area contributed by atoms with Crippen molar-refractivity contribution in [1.29, 1.82) is 0 Å². The van der Waals surface area contributed by atoms with Crippen LogP contribution in [0.3, 0.4) is 0 Å². The Morgan fingerprint density at radius 1 is 1.27 bits per heavy atom. The fraction of sp³-hybridized carbons (Fsp3) is 0.444. The van der Waals surface area contributed by atoms with Crippen LogP contribution in [0.25, 0.3) is 0 Å². The van der Waals surface area contributed by atoms with Gasteiger partial charge < -0.3 is 24.8 Å². The maximum Gasteiger partial charge on any atom is 0.338 e. The monoisotopic (exact) mass is 426 g/mol. The zero-order chi connectivity index (χ0) is 19.4. The quantitative estimate of drug-likeness (QED) is 0.681. The van der Waals surface area contributed by atoms with E-state index in [1.165, 1.54) is 14.2 Å². The predicted octanol–water partition coefficient (Wildman–Crippen LogP) is 3.29. The number of hydrogen-bond donors (Lipinski definition) is 2. The van der Waals surface area contributed by atoms with Crippen LogP contribution in [0.5, 0.6) is 11.5 Å². The number of carbonyl (C=O) groups is 2. The number of urea groups is 1. The Bertz CT molecular complexity index is 745. The second kappa shape index (κ2) is 8.44. The van der Waals surface area contributed by atoms with E-state index in [1.54, 1.807) is 19.1 Å². The molecule has 8 heteroatoms. The summed E-state index contributed by atoms with van der Waals surface area (Å²) in [6, 6.07) is 2.47. The van der Waals surface area contributed by atoms with Crippen LogP contribution in [0.15, 0.2) is 27.9 Å². The van der Waals surface area contributed by atoms with Crippen molar-refractivity contribution < 1.29 is 23.8 Å². The molecule has 0 bridgehead atoms. The summed E-state index contributed by atoms with van der Waals surface area (Å²) in [5, 5.41) is 5.53. The Kier molecular flexibility index (Phi) is 6.52. The lowest BCUT2D eigenvalue weighted by molar-refractivity contribution is -0.139. The molecule has 0 saturated carbocycles. The van der Waals surface area contributed by atoms with Gasteiger partial charge in [-0.3, -0.25) is 0 Å². The SMILES string of the molecule is CCOC(=O)C1=C(C(C)C)NC(=O)NC1c1cc(Br)c(OC)c(OC)c1. The van der Waals surface area contributed by atoms with Crippen molar-refractivity contribution in [2.24, 2.45) is 5.92 Å². The molecule has 2 N–H and O–H groups in total. The number of nitrogens with one attached hydrogen (secondary N) is 2.